The van der Waals surface area contributed by atoms with Crippen molar-refractivity contribution in [1.29, 1.82) is 0 Å². The van der Waals surface area contributed by atoms with Crippen LogP contribution in [0.4, 0.5) is 0 Å². The summed E-state index contributed by atoms with van der Waals surface area (Å²) in [7, 11) is 0. The molecule has 0 radical (unpaired) electrons. The van der Waals surface area contributed by atoms with Gasteiger partial charge in [0.25, 0.3) is 0 Å². The molecular weight excluding hydrogens is 236 g/mol. The first-order valence-electron chi connectivity index (χ1n) is 8.17. The van der Waals surface area contributed by atoms with Crippen molar-refractivity contribution >= 4 is 5.91 Å². The van der Waals surface area contributed by atoms with Gasteiger partial charge in [-0.25, -0.2) is 0 Å². The van der Waals surface area contributed by atoms with Crippen molar-refractivity contribution in [3.63, 3.8) is 0 Å². The Morgan fingerprint density at radius 3 is 2.74 bits per heavy atom. The van der Waals surface area contributed by atoms with Crippen LogP contribution in [0.2, 0.25) is 0 Å². The number of carbonyl (C=O) groups excluding carboxylic acids is 1. The van der Waals surface area contributed by atoms with E-state index in [-0.39, 0.29) is 11.9 Å². The van der Waals surface area contributed by atoms with Gasteiger partial charge in [0.15, 0.2) is 0 Å². The van der Waals surface area contributed by atoms with Gasteiger partial charge in [-0.05, 0) is 38.5 Å². The van der Waals surface area contributed by atoms with Crippen molar-refractivity contribution in [2.45, 2.75) is 84.2 Å². The van der Waals surface area contributed by atoms with Crippen molar-refractivity contribution in [3.8, 4) is 0 Å². The maximum Gasteiger partial charge on any atom is 0.236 e. The van der Waals surface area contributed by atoms with Crippen molar-refractivity contribution in [3.05, 3.63) is 0 Å². The largest absolute Gasteiger partial charge is 0.355 e. The molecule has 1 fully saturated rings. The molecule has 0 aromatic carbocycles. The minimum absolute atomic E-state index is 0.0555. The van der Waals surface area contributed by atoms with Gasteiger partial charge in [0, 0.05) is 12.6 Å². The third kappa shape index (κ3) is 6.95. The number of hydrogen-bond donors (Lipinski definition) is 2. The molecule has 3 heteroatoms. The van der Waals surface area contributed by atoms with Gasteiger partial charge in [0.05, 0.1) is 6.04 Å². The highest BCUT2D eigenvalue weighted by Crippen LogP contribution is 2.22. The highest BCUT2D eigenvalue weighted by molar-refractivity contribution is 5.81. The van der Waals surface area contributed by atoms with Crippen LogP contribution in [0.3, 0.4) is 0 Å². The standard InChI is InChI=1S/C16H32N2O/c1-4-5-6-12-17-16(19)14(3)18-15-9-7-8-13(2)10-11-15/h13-15,18H,4-12H2,1-3H3,(H,17,19). The van der Waals surface area contributed by atoms with Gasteiger partial charge in [0.1, 0.15) is 0 Å². The number of rotatable bonds is 7. The summed E-state index contributed by atoms with van der Waals surface area (Å²) in [5, 5.41) is 6.54. The lowest BCUT2D eigenvalue weighted by molar-refractivity contribution is -0.123. The molecule has 3 nitrogen and oxygen atoms in total. The number of amides is 1. The van der Waals surface area contributed by atoms with Crippen molar-refractivity contribution in [1.82, 2.24) is 10.6 Å². The molecule has 0 saturated heterocycles. The molecular formula is C16H32N2O. The number of nitrogens with one attached hydrogen (secondary N) is 2. The van der Waals surface area contributed by atoms with E-state index in [9.17, 15) is 4.79 Å². The Morgan fingerprint density at radius 1 is 1.21 bits per heavy atom. The minimum Gasteiger partial charge on any atom is -0.355 e. The molecule has 0 aromatic heterocycles. The topological polar surface area (TPSA) is 41.1 Å². The molecule has 1 aliphatic rings. The molecule has 3 atom stereocenters. The van der Waals surface area contributed by atoms with E-state index in [1.165, 1.54) is 44.9 Å². The highest BCUT2D eigenvalue weighted by atomic mass is 16.2. The fourth-order valence-corrected chi connectivity index (χ4v) is 2.82. The van der Waals surface area contributed by atoms with Crippen molar-refractivity contribution in [2.75, 3.05) is 6.54 Å². The minimum atomic E-state index is -0.0555. The average molecular weight is 268 g/mol. The molecule has 1 aliphatic carbocycles. The van der Waals surface area contributed by atoms with Gasteiger partial charge < -0.3 is 10.6 Å². The predicted molar refractivity (Wildman–Crippen MR) is 81.2 cm³/mol. The van der Waals surface area contributed by atoms with E-state index < -0.39 is 0 Å². The molecule has 0 aliphatic heterocycles. The van der Waals surface area contributed by atoms with Crippen LogP contribution < -0.4 is 10.6 Å². The summed E-state index contributed by atoms with van der Waals surface area (Å²) < 4.78 is 0. The molecule has 19 heavy (non-hydrogen) atoms. The third-order valence-corrected chi connectivity index (χ3v) is 4.22. The smallest absolute Gasteiger partial charge is 0.236 e. The first-order valence-corrected chi connectivity index (χ1v) is 8.17. The first-order chi connectivity index (χ1) is 9.13. The second-order valence-corrected chi connectivity index (χ2v) is 6.20. The summed E-state index contributed by atoms with van der Waals surface area (Å²) in [5.74, 6) is 1.01. The molecule has 0 aromatic rings. The summed E-state index contributed by atoms with van der Waals surface area (Å²) in [4.78, 5) is 12.0. The second-order valence-electron chi connectivity index (χ2n) is 6.20. The van der Waals surface area contributed by atoms with Crippen LogP contribution in [0.25, 0.3) is 0 Å². The Balaban J connectivity index is 2.21. The Morgan fingerprint density at radius 2 is 2.00 bits per heavy atom. The normalized spacial score (nSPS) is 25.6. The van der Waals surface area contributed by atoms with Crippen LogP contribution in [-0.4, -0.2) is 24.5 Å². The lowest BCUT2D eigenvalue weighted by Gasteiger charge is -2.21. The lowest BCUT2D eigenvalue weighted by atomic mass is 10.0. The van der Waals surface area contributed by atoms with E-state index in [1.807, 2.05) is 6.92 Å². The Bertz CT molecular complexity index is 255. The summed E-state index contributed by atoms with van der Waals surface area (Å²) >= 11 is 0. The average Bonchev–Trinajstić information content (AvgIpc) is 2.59. The predicted octanol–water partition coefficient (Wildman–Crippen LogP) is 3.24. The fraction of sp³-hybridized carbons (Fsp3) is 0.938. The lowest BCUT2D eigenvalue weighted by Crippen LogP contribution is -2.46. The van der Waals surface area contributed by atoms with Crippen LogP contribution in [0.1, 0.15) is 72.1 Å². The zero-order chi connectivity index (χ0) is 14.1. The SMILES string of the molecule is CCCCCNC(=O)C(C)NC1CCCC(C)CC1. The van der Waals surface area contributed by atoms with E-state index in [0.29, 0.717) is 6.04 Å². The van der Waals surface area contributed by atoms with Gasteiger partial charge in [-0.2, -0.15) is 0 Å². The van der Waals surface area contributed by atoms with E-state index in [2.05, 4.69) is 24.5 Å². The fourth-order valence-electron chi connectivity index (χ4n) is 2.82. The molecule has 0 spiro atoms. The monoisotopic (exact) mass is 268 g/mol. The van der Waals surface area contributed by atoms with E-state index in [4.69, 9.17) is 0 Å². The van der Waals surface area contributed by atoms with Crippen molar-refractivity contribution in [2.24, 2.45) is 5.92 Å². The third-order valence-electron chi connectivity index (χ3n) is 4.22. The van der Waals surface area contributed by atoms with Gasteiger partial charge in [-0.3, -0.25) is 4.79 Å². The van der Waals surface area contributed by atoms with Crippen LogP contribution >= 0.6 is 0 Å². The van der Waals surface area contributed by atoms with Gasteiger partial charge in [-0.15, -0.1) is 0 Å². The highest BCUT2D eigenvalue weighted by Gasteiger charge is 2.20. The second kappa shape index (κ2) is 9.35. The molecule has 2 N–H and O–H groups in total. The van der Waals surface area contributed by atoms with Crippen molar-refractivity contribution < 1.29 is 4.79 Å². The summed E-state index contributed by atoms with van der Waals surface area (Å²) in [5.41, 5.74) is 0. The maximum atomic E-state index is 12.0. The van der Waals surface area contributed by atoms with E-state index in [0.717, 1.165) is 18.9 Å². The first kappa shape index (κ1) is 16.5. The molecule has 112 valence electrons. The Labute approximate surface area is 118 Å². The Hall–Kier alpha value is -0.570. The number of hydrogen-bond acceptors (Lipinski definition) is 2. The zero-order valence-electron chi connectivity index (χ0n) is 13.0. The molecule has 1 saturated carbocycles. The van der Waals surface area contributed by atoms with Gasteiger partial charge in [0.2, 0.25) is 5.91 Å². The van der Waals surface area contributed by atoms with E-state index >= 15 is 0 Å². The summed E-state index contributed by atoms with van der Waals surface area (Å²) in [6, 6.07) is 0.473. The van der Waals surface area contributed by atoms with Gasteiger partial charge >= 0.3 is 0 Å². The van der Waals surface area contributed by atoms with Crippen LogP contribution in [-0.2, 0) is 4.79 Å². The molecule has 3 unspecified atom stereocenters. The number of carbonyl (C=O) groups is 1. The quantitative estimate of drug-likeness (QED) is 0.550. The van der Waals surface area contributed by atoms with Gasteiger partial charge in [-0.1, -0.05) is 39.5 Å². The van der Waals surface area contributed by atoms with Crippen LogP contribution in [0, 0.1) is 5.92 Å². The zero-order valence-corrected chi connectivity index (χ0v) is 13.0. The molecule has 1 amide bonds. The van der Waals surface area contributed by atoms with Crippen LogP contribution in [0.15, 0.2) is 0 Å². The number of unbranched alkanes of at least 4 members (excludes halogenated alkanes) is 2. The molecule has 1 rings (SSSR count). The Kier molecular flexibility index (Phi) is 8.11. The van der Waals surface area contributed by atoms with E-state index in [1.54, 1.807) is 0 Å². The molecule has 0 heterocycles. The van der Waals surface area contributed by atoms with Crippen LogP contribution in [0.5, 0.6) is 0 Å². The maximum absolute atomic E-state index is 12.0. The molecule has 0 bridgehead atoms. The summed E-state index contributed by atoms with van der Waals surface area (Å²) in [6.45, 7) is 7.33. The summed E-state index contributed by atoms with van der Waals surface area (Å²) in [6.07, 6.45) is 9.86.